The van der Waals surface area contributed by atoms with Crippen LogP contribution in [0.5, 0.6) is 0 Å². The van der Waals surface area contributed by atoms with Gasteiger partial charge in [-0.2, -0.15) is 0 Å². The molecule has 0 fully saturated rings. The van der Waals surface area contributed by atoms with Gasteiger partial charge in [-0.1, -0.05) is 0 Å². The lowest BCUT2D eigenvalue weighted by atomic mass is 10.0. The van der Waals surface area contributed by atoms with Crippen molar-refractivity contribution in [1.82, 2.24) is 0 Å². The van der Waals surface area contributed by atoms with Gasteiger partial charge in [0.15, 0.2) is 11.5 Å². The molecule has 0 spiro atoms. The summed E-state index contributed by atoms with van der Waals surface area (Å²) in [7, 11) is 0. The van der Waals surface area contributed by atoms with Gasteiger partial charge >= 0.3 is 5.97 Å². The molecule has 0 amide bonds. The number of ether oxygens (including phenoxy) is 1. The van der Waals surface area contributed by atoms with Crippen LogP contribution in [0.15, 0.2) is 0 Å². The summed E-state index contributed by atoms with van der Waals surface area (Å²) >= 11 is 0. The third kappa shape index (κ3) is 4.05. The zero-order valence-corrected chi connectivity index (χ0v) is 7.52. The van der Waals surface area contributed by atoms with Crippen molar-refractivity contribution in [3.05, 3.63) is 0 Å². The van der Waals surface area contributed by atoms with E-state index in [1.165, 1.54) is 0 Å². The smallest absolute Gasteiger partial charge is 0.313 e. The highest BCUT2D eigenvalue weighted by Gasteiger charge is 2.28. The predicted octanol–water partition coefficient (Wildman–Crippen LogP) is 1.26. The molecule has 0 rings (SSSR count). The van der Waals surface area contributed by atoms with Crippen LogP contribution in [0.2, 0.25) is 0 Å². The molecule has 0 atom stereocenters. The Kier molecular flexibility index (Phi) is 3.86. The summed E-state index contributed by atoms with van der Waals surface area (Å²) in [6.45, 7) is 4.07. The second-order valence-electron chi connectivity index (χ2n) is 2.88. The van der Waals surface area contributed by atoms with E-state index < -0.39 is 23.8 Å². The number of esters is 1. The molecule has 0 aliphatic carbocycles. The van der Waals surface area contributed by atoms with Crippen molar-refractivity contribution < 1.29 is 18.7 Å². The predicted molar refractivity (Wildman–Crippen MR) is 41.4 cm³/mol. The largest absolute Gasteiger partial charge is 0.466 e. The first-order valence-electron chi connectivity index (χ1n) is 3.75. The number of hydrogen-bond donors (Lipinski definition) is 0. The highest BCUT2D eigenvalue weighted by molar-refractivity contribution is 5.99. The lowest BCUT2D eigenvalue weighted by molar-refractivity contribution is -0.147. The lowest BCUT2D eigenvalue weighted by Gasteiger charge is -2.11. The summed E-state index contributed by atoms with van der Waals surface area (Å²) in [5.74, 6) is -1.42. The number of carbonyl (C=O) groups is 2. The Hall–Kier alpha value is -0.930. The Labute approximate surface area is 70.9 Å². The Morgan fingerprint density at radius 3 is 2.25 bits per heavy atom. The van der Waals surface area contributed by atoms with Crippen molar-refractivity contribution in [3.63, 3.8) is 0 Å². The van der Waals surface area contributed by atoms with Crippen LogP contribution in [-0.2, 0) is 14.3 Å². The van der Waals surface area contributed by atoms with Gasteiger partial charge in [0.1, 0.15) is 6.42 Å². The second kappa shape index (κ2) is 4.18. The van der Waals surface area contributed by atoms with E-state index in [-0.39, 0.29) is 6.61 Å². The third-order valence-corrected chi connectivity index (χ3v) is 1.27. The molecule has 0 saturated carbocycles. The number of halogens is 1. The molecule has 3 nitrogen and oxygen atoms in total. The molecule has 0 N–H and O–H groups in total. The molecule has 0 radical (unpaired) electrons. The monoisotopic (exact) mass is 176 g/mol. The molecule has 4 heteroatoms. The summed E-state index contributed by atoms with van der Waals surface area (Å²) in [4.78, 5) is 21.6. The SMILES string of the molecule is CCOC(=O)CC(=O)C(C)(C)F. The van der Waals surface area contributed by atoms with E-state index in [2.05, 4.69) is 4.74 Å². The van der Waals surface area contributed by atoms with E-state index in [4.69, 9.17) is 0 Å². The zero-order valence-electron chi connectivity index (χ0n) is 7.52. The summed E-state index contributed by atoms with van der Waals surface area (Å²) in [5.41, 5.74) is -1.95. The molecule has 0 heterocycles. The maximum absolute atomic E-state index is 12.8. The quantitative estimate of drug-likeness (QED) is 0.478. The normalized spacial score (nSPS) is 11.0. The van der Waals surface area contributed by atoms with Crippen LogP contribution in [0, 0.1) is 0 Å². The van der Waals surface area contributed by atoms with Crippen molar-refractivity contribution in [1.29, 1.82) is 0 Å². The van der Waals surface area contributed by atoms with Gasteiger partial charge in [-0.05, 0) is 20.8 Å². The molecule has 70 valence electrons. The minimum atomic E-state index is -1.95. The first kappa shape index (κ1) is 11.1. The average Bonchev–Trinajstić information content (AvgIpc) is 1.85. The molecule has 0 aromatic carbocycles. The Morgan fingerprint density at radius 2 is 1.92 bits per heavy atom. The molecule has 12 heavy (non-hydrogen) atoms. The van der Waals surface area contributed by atoms with Crippen molar-refractivity contribution in [2.75, 3.05) is 6.61 Å². The topological polar surface area (TPSA) is 43.4 Å². The molecule has 0 aliphatic rings. The van der Waals surface area contributed by atoms with E-state index in [9.17, 15) is 14.0 Å². The molecule has 0 bridgehead atoms. The van der Waals surface area contributed by atoms with E-state index >= 15 is 0 Å². The van der Waals surface area contributed by atoms with E-state index in [1.807, 2.05) is 0 Å². The summed E-state index contributed by atoms with van der Waals surface area (Å²) < 4.78 is 17.3. The minimum absolute atomic E-state index is 0.207. The third-order valence-electron chi connectivity index (χ3n) is 1.27. The summed E-state index contributed by atoms with van der Waals surface area (Å²) in [5, 5.41) is 0. The van der Waals surface area contributed by atoms with Crippen LogP contribution in [0.4, 0.5) is 4.39 Å². The van der Waals surface area contributed by atoms with Crippen molar-refractivity contribution >= 4 is 11.8 Å². The fourth-order valence-electron chi connectivity index (χ4n) is 0.553. The van der Waals surface area contributed by atoms with Gasteiger partial charge in [0.05, 0.1) is 6.61 Å². The molecule has 0 saturated heterocycles. The highest BCUT2D eigenvalue weighted by Crippen LogP contribution is 2.12. The fourth-order valence-corrected chi connectivity index (χ4v) is 0.553. The second-order valence-corrected chi connectivity index (χ2v) is 2.88. The molecule has 0 aliphatic heterocycles. The summed E-state index contributed by atoms with van der Waals surface area (Å²) in [6, 6.07) is 0. The number of rotatable bonds is 4. The van der Waals surface area contributed by atoms with Gasteiger partial charge < -0.3 is 4.74 Å². The number of Topliss-reactive ketones (excluding diaryl/α,β-unsaturated/α-hetero) is 1. The Balaban J connectivity index is 3.94. The number of ketones is 1. The maximum Gasteiger partial charge on any atom is 0.313 e. The maximum atomic E-state index is 12.8. The number of carbonyl (C=O) groups excluding carboxylic acids is 2. The van der Waals surface area contributed by atoms with Gasteiger partial charge in [0.2, 0.25) is 0 Å². The van der Waals surface area contributed by atoms with Crippen LogP contribution in [0.3, 0.4) is 0 Å². The minimum Gasteiger partial charge on any atom is -0.466 e. The Morgan fingerprint density at radius 1 is 1.42 bits per heavy atom. The summed E-state index contributed by atoms with van der Waals surface area (Å²) in [6.07, 6.45) is -0.489. The van der Waals surface area contributed by atoms with E-state index in [1.54, 1.807) is 6.92 Å². The first-order valence-corrected chi connectivity index (χ1v) is 3.75. The van der Waals surface area contributed by atoms with Gasteiger partial charge in [0, 0.05) is 0 Å². The number of alkyl halides is 1. The molecule has 0 aromatic rings. The van der Waals surface area contributed by atoms with Crippen LogP contribution >= 0.6 is 0 Å². The fraction of sp³-hybridized carbons (Fsp3) is 0.750. The number of hydrogen-bond acceptors (Lipinski definition) is 3. The van der Waals surface area contributed by atoms with Gasteiger partial charge in [0.25, 0.3) is 0 Å². The van der Waals surface area contributed by atoms with Crippen molar-refractivity contribution in [2.45, 2.75) is 32.9 Å². The standard InChI is InChI=1S/C8H13FO3/c1-4-12-7(11)5-6(10)8(2,3)9/h4-5H2,1-3H3. The van der Waals surface area contributed by atoms with Gasteiger partial charge in [-0.25, -0.2) is 4.39 Å². The van der Waals surface area contributed by atoms with E-state index in [0.717, 1.165) is 13.8 Å². The van der Waals surface area contributed by atoms with Gasteiger partial charge in [-0.3, -0.25) is 9.59 Å². The average molecular weight is 176 g/mol. The molecule has 0 aromatic heterocycles. The Bertz CT molecular complexity index is 181. The van der Waals surface area contributed by atoms with Crippen LogP contribution in [0.25, 0.3) is 0 Å². The van der Waals surface area contributed by atoms with Gasteiger partial charge in [-0.15, -0.1) is 0 Å². The van der Waals surface area contributed by atoms with Crippen molar-refractivity contribution in [2.24, 2.45) is 0 Å². The molecule has 0 unspecified atom stereocenters. The van der Waals surface area contributed by atoms with Crippen LogP contribution in [-0.4, -0.2) is 24.0 Å². The zero-order chi connectivity index (χ0) is 9.78. The van der Waals surface area contributed by atoms with Crippen LogP contribution < -0.4 is 0 Å². The van der Waals surface area contributed by atoms with Crippen molar-refractivity contribution in [3.8, 4) is 0 Å². The lowest BCUT2D eigenvalue weighted by Crippen LogP contribution is -2.28. The molecular formula is C8H13FO3. The van der Waals surface area contributed by atoms with E-state index in [0.29, 0.717) is 0 Å². The highest BCUT2D eigenvalue weighted by atomic mass is 19.1. The molecular weight excluding hydrogens is 163 g/mol. The first-order chi connectivity index (χ1) is 5.38. The van der Waals surface area contributed by atoms with Crippen LogP contribution in [0.1, 0.15) is 27.2 Å².